The number of anilines is 2. The zero-order chi connectivity index (χ0) is 20.8. The largest absolute Gasteiger partial charge is 0.368 e. The lowest BCUT2D eigenvalue weighted by atomic mass is 10.1. The van der Waals surface area contributed by atoms with Gasteiger partial charge in [-0.25, -0.2) is 0 Å². The summed E-state index contributed by atoms with van der Waals surface area (Å²) in [7, 11) is 3.77. The van der Waals surface area contributed by atoms with E-state index in [-0.39, 0.29) is 11.2 Å². The fourth-order valence-electron chi connectivity index (χ4n) is 3.45. The van der Waals surface area contributed by atoms with E-state index in [2.05, 4.69) is 53.8 Å². The van der Waals surface area contributed by atoms with Crippen LogP contribution in [0.25, 0.3) is 22.3 Å². The Labute approximate surface area is 178 Å². The smallest absolute Gasteiger partial charge is 0.229 e. The zero-order valence-corrected chi connectivity index (χ0v) is 17.9. The maximum absolute atomic E-state index is 5.90. The van der Waals surface area contributed by atoms with Crippen molar-refractivity contribution in [2.75, 3.05) is 24.7 Å². The normalized spacial score (nSPS) is 14.9. The van der Waals surface area contributed by atoms with Crippen LogP contribution in [0.1, 0.15) is 36.9 Å². The standard InChI is InChI=1S/C20H23N9S/c1-11(16-23-18(21)25-19(24-16)28(2)3)30-20-27-26-17(29(20)12-8-9-12)14-10-22-15-7-5-4-6-13(14)15/h4-7,10-12,22H,8-9H2,1-3H3,(H2,21,23,24,25). The van der Waals surface area contributed by atoms with Crippen molar-refractivity contribution in [3.8, 4) is 11.4 Å². The van der Waals surface area contributed by atoms with Crippen LogP contribution in [0.5, 0.6) is 0 Å². The first-order chi connectivity index (χ1) is 14.5. The van der Waals surface area contributed by atoms with E-state index < -0.39 is 0 Å². The molecule has 1 fully saturated rings. The van der Waals surface area contributed by atoms with Crippen molar-refractivity contribution in [3.05, 3.63) is 36.3 Å². The molecule has 0 radical (unpaired) electrons. The van der Waals surface area contributed by atoms with Crippen molar-refractivity contribution in [2.24, 2.45) is 0 Å². The summed E-state index contributed by atoms with van der Waals surface area (Å²) < 4.78 is 2.26. The Balaban J connectivity index is 1.50. The first-order valence-electron chi connectivity index (χ1n) is 9.88. The van der Waals surface area contributed by atoms with Crippen LogP contribution < -0.4 is 10.6 Å². The second kappa shape index (κ2) is 7.28. The molecule has 1 atom stereocenters. The Hall–Kier alpha value is -3.14. The maximum Gasteiger partial charge on any atom is 0.229 e. The van der Waals surface area contributed by atoms with Crippen molar-refractivity contribution in [3.63, 3.8) is 0 Å². The molecule has 154 valence electrons. The third kappa shape index (κ3) is 3.36. The molecule has 4 aromatic rings. The van der Waals surface area contributed by atoms with E-state index in [1.807, 2.05) is 37.3 Å². The summed E-state index contributed by atoms with van der Waals surface area (Å²) in [5, 5.41) is 11.1. The molecule has 0 aliphatic heterocycles. The Morgan fingerprint density at radius 2 is 1.97 bits per heavy atom. The second-order valence-corrected chi connectivity index (χ2v) is 8.97. The van der Waals surface area contributed by atoms with Crippen LogP contribution in [0.3, 0.4) is 0 Å². The third-order valence-electron chi connectivity index (χ3n) is 5.11. The van der Waals surface area contributed by atoms with E-state index >= 15 is 0 Å². The number of nitrogens with two attached hydrogens (primary N) is 1. The number of nitrogens with one attached hydrogen (secondary N) is 1. The van der Waals surface area contributed by atoms with Gasteiger partial charge in [0.05, 0.1) is 5.25 Å². The van der Waals surface area contributed by atoms with Gasteiger partial charge in [-0.15, -0.1) is 10.2 Å². The van der Waals surface area contributed by atoms with Gasteiger partial charge >= 0.3 is 0 Å². The van der Waals surface area contributed by atoms with E-state index in [9.17, 15) is 0 Å². The molecule has 0 bridgehead atoms. The molecular weight excluding hydrogens is 398 g/mol. The molecule has 0 saturated heterocycles. The van der Waals surface area contributed by atoms with Crippen molar-refractivity contribution in [1.29, 1.82) is 0 Å². The van der Waals surface area contributed by atoms with Gasteiger partial charge in [0.15, 0.2) is 11.0 Å². The van der Waals surface area contributed by atoms with Gasteiger partial charge in [-0.3, -0.25) is 4.57 Å². The van der Waals surface area contributed by atoms with Gasteiger partial charge in [0.25, 0.3) is 0 Å². The average molecular weight is 422 g/mol. The quantitative estimate of drug-likeness (QED) is 0.455. The number of fused-ring (bicyclic) bond motifs is 1. The van der Waals surface area contributed by atoms with Gasteiger partial charge in [0.1, 0.15) is 5.82 Å². The molecule has 10 heteroatoms. The molecule has 3 N–H and O–H groups in total. The Morgan fingerprint density at radius 1 is 1.17 bits per heavy atom. The molecule has 0 amide bonds. The molecule has 3 heterocycles. The molecule has 1 saturated carbocycles. The molecule has 1 aliphatic rings. The van der Waals surface area contributed by atoms with Gasteiger partial charge in [-0.05, 0) is 25.8 Å². The molecule has 3 aromatic heterocycles. The van der Waals surface area contributed by atoms with Crippen LogP contribution in [0.2, 0.25) is 0 Å². The number of para-hydroxylation sites is 1. The van der Waals surface area contributed by atoms with Crippen LogP contribution in [0.4, 0.5) is 11.9 Å². The van der Waals surface area contributed by atoms with E-state index in [0.29, 0.717) is 17.8 Å². The number of aromatic nitrogens is 7. The minimum atomic E-state index is -0.0495. The fraction of sp³-hybridized carbons (Fsp3) is 0.350. The maximum atomic E-state index is 5.90. The molecule has 0 spiro atoms. The topological polar surface area (TPSA) is 114 Å². The highest BCUT2D eigenvalue weighted by Crippen LogP contribution is 2.44. The van der Waals surface area contributed by atoms with Gasteiger partial charge in [0, 0.05) is 42.8 Å². The highest BCUT2D eigenvalue weighted by Gasteiger charge is 2.32. The summed E-state index contributed by atoms with van der Waals surface area (Å²) in [5.41, 5.74) is 8.07. The molecule has 9 nitrogen and oxygen atoms in total. The van der Waals surface area contributed by atoms with Crippen LogP contribution in [0.15, 0.2) is 35.6 Å². The zero-order valence-electron chi connectivity index (χ0n) is 17.1. The number of nitrogens with zero attached hydrogens (tertiary/aromatic N) is 7. The number of thioether (sulfide) groups is 1. The Morgan fingerprint density at radius 3 is 2.73 bits per heavy atom. The lowest BCUT2D eigenvalue weighted by molar-refractivity contribution is 0.667. The number of hydrogen-bond donors (Lipinski definition) is 2. The number of aromatic amines is 1. The molecule has 1 aromatic carbocycles. The number of H-pyrrole nitrogens is 1. The Kier molecular flexibility index (Phi) is 4.58. The molecule has 30 heavy (non-hydrogen) atoms. The lowest BCUT2D eigenvalue weighted by Gasteiger charge is -2.15. The van der Waals surface area contributed by atoms with Gasteiger partial charge in [0.2, 0.25) is 11.9 Å². The third-order valence-corrected chi connectivity index (χ3v) is 6.16. The minimum Gasteiger partial charge on any atom is -0.368 e. The lowest BCUT2D eigenvalue weighted by Crippen LogP contribution is -2.16. The summed E-state index contributed by atoms with van der Waals surface area (Å²) in [5.74, 6) is 2.30. The number of rotatable bonds is 6. The van der Waals surface area contributed by atoms with E-state index in [1.165, 1.54) is 0 Å². The first kappa shape index (κ1) is 18.9. The van der Waals surface area contributed by atoms with Crippen molar-refractivity contribution < 1.29 is 0 Å². The summed E-state index contributed by atoms with van der Waals surface area (Å²) >= 11 is 1.60. The summed E-state index contributed by atoms with van der Waals surface area (Å²) in [6.07, 6.45) is 4.29. The van der Waals surface area contributed by atoms with Crippen LogP contribution in [-0.4, -0.2) is 48.8 Å². The fourth-order valence-corrected chi connectivity index (χ4v) is 4.41. The Bertz CT molecular complexity index is 1210. The molecule has 5 rings (SSSR count). The summed E-state index contributed by atoms with van der Waals surface area (Å²) in [6.45, 7) is 2.05. The van der Waals surface area contributed by atoms with Gasteiger partial charge in [-0.2, -0.15) is 15.0 Å². The van der Waals surface area contributed by atoms with Crippen LogP contribution in [-0.2, 0) is 0 Å². The van der Waals surface area contributed by atoms with Crippen LogP contribution in [0, 0.1) is 0 Å². The predicted octanol–water partition coefficient (Wildman–Crippen LogP) is 3.45. The predicted molar refractivity (Wildman–Crippen MR) is 118 cm³/mol. The van der Waals surface area contributed by atoms with E-state index in [4.69, 9.17) is 5.73 Å². The SMILES string of the molecule is CC(Sc1nnc(-c2c[nH]c3ccccc23)n1C1CC1)c1nc(N)nc(N(C)C)n1. The minimum absolute atomic E-state index is 0.0495. The van der Waals surface area contributed by atoms with E-state index in [1.54, 1.807) is 11.8 Å². The molecule has 1 unspecified atom stereocenters. The first-order valence-corrected chi connectivity index (χ1v) is 10.8. The highest BCUT2D eigenvalue weighted by atomic mass is 32.2. The van der Waals surface area contributed by atoms with Gasteiger partial charge < -0.3 is 15.6 Å². The van der Waals surface area contributed by atoms with Crippen molar-refractivity contribution >= 4 is 34.6 Å². The molecular formula is C20H23N9S. The number of hydrogen-bond acceptors (Lipinski definition) is 8. The monoisotopic (exact) mass is 421 g/mol. The molecule has 1 aliphatic carbocycles. The van der Waals surface area contributed by atoms with E-state index in [0.717, 1.165) is 40.3 Å². The van der Waals surface area contributed by atoms with Crippen LogP contribution >= 0.6 is 11.8 Å². The van der Waals surface area contributed by atoms with Crippen molar-refractivity contribution in [2.45, 2.75) is 36.2 Å². The second-order valence-electron chi connectivity index (χ2n) is 7.66. The summed E-state index contributed by atoms with van der Waals surface area (Å²) in [6, 6.07) is 8.68. The number of benzene rings is 1. The van der Waals surface area contributed by atoms with Crippen molar-refractivity contribution in [1.82, 2.24) is 34.7 Å². The summed E-state index contributed by atoms with van der Waals surface area (Å²) in [4.78, 5) is 18.2. The highest BCUT2D eigenvalue weighted by molar-refractivity contribution is 7.99. The average Bonchev–Trinajstić information content (AvgIpc) is 3.35. The van der Waals surface area contributed by atoms with Gasteiger partial charge in [-0.1, -0.05) is 30.0 Å². The number of nitrogen functional groups attached to an aromatic ring is 1.